The van der Waals surface area contributed by atoms with E-state index in [9.17, 15) is 0 Å². The Bertz CT molecular complexity index is 389. The predicted molar refractivity (Wildman–Crippen MR) is 79.3 cm³/mol. The van der Waals surface area contributed by atoms with Crippen molar-refractivity contribution in [2.24, 2.45) is 7.05 Å². The van der Waals surface area contributed by atoms with Crippen LogP contribution in [-0.4, -0.2) is 40.4 Å². The summed E-state index contributed by atoms with van der Waals surface area (Å²) < 4.78 is 1.94. The monoisotopic (exact) mass is 264 g/mol. The molecule has 0 spiro atoms. The van der Waals surface area contributed by atoms with Crippen molar-refractivity contribution in [1.29, 1.82) is 0 Å². The van der Waals surface area contributed by atoms with Crippen LogP contribution in [0.5, 0.6) is 0 Å². The number of aromatic nitrogens is 2. The summed E-state index contributed by atoms with van der Waals surface area (Å²) in [6, 6.07) is 0.669. The molecule has 1 aromatic rings. The fourth-order valence-electron chi connectivity index (χ4n) is 2.88. The number of rotatable bonds is 5. The van der Waals surface area contributed by atoms with Gasteiger partial charge in [-0.05, 0) is 38.4 Å². The number of likely N-dealkylation sites (tertiary alicyclic amines) is 1. The molecule has 1 aliphatic rings. The molecule has 0 amide bonds. The normalized spacial score (nSPS) is 18.4. The van der Waals surface area contributed by atoms with Gasteiger partial charge in [-0.25, -0.2) is 0 Å². The van der Waals surface area contributed by atoms with Crippen LogP contribution in [0.4, 0.5) is 0 Å². The average molecular weight is 264 g/mol. The van der Waals surface area contributed by atoms with Crippen molar-refractivity contribution in [3.8, 4) is 0 Å². The minimum atomic E-state index is 0.500. The predicted octanol–water partition coefficient (Wildman–Crippen LogP) is 2.12. The zero-order chi connectivity index (χ0) is 13.8. The molecule has 4 nitrogen and oxygen atoms in total. The number of aryl methyl sites for hydroxylation is 1. The van der Waals surface area contributed by atoms with E-state index in [4.69, 9.17) is 0 Å². The lowest BCUT2D eigenvalue weighted by atomic mass is 10.0. The number of nitrogens with one attached hydrogen (secondary N) is 1. The van der Waals surface area contributed by atoms with E-state index in [1.807, 2.05) is 11.7 Å². The van der Waals surface area contributed by atoms with Crippen molar-refractivity contribution in [2.75, 3.05) is 19.6 Å². The van der Waals surface area contributed by atoms with Crippen molar-refractivity contribution in [3.05, 3.63) is 17.5 Å². The number of piperidine rings is 1. The summed E-state index contributed by atoms with van der Waals surface area (Å²) in [6.45, 7) is 11.3. The van der Waals surface area contributed by atoms with Crippen molar-refractivity contribution >= 4 is 0 Å². The van der Waals surface area contributed by atoms with E-state index in [1.165, 1.54) is 43.7 Å². The van der Waals surface area contributed by atoms with Gasteiger partial charge in [-0.3, -0.25) is 4.68 Å². The minimum absolute atomic E-state index is 0.500. The first-order valence-electron chi connectivity index (χ1n) is 7.58. The largest absolute Gasteiger partial charge is 0.310 e. The molecule has 1 N–H and O–H groups in total. The van der Waals surface area contributed by atoms with E-state index in [1.54, 1.807) is 0 Å². The molecule has 0 aliphatic carbocycles. The van der Waals surface area contributed by atoms with Crippen LogP contribution in [0.2, 0.25) is 0 Å². The highest BCUT2D eigenvalue weighted by molar-refractivity contribution is 5.20. The summed E-state index contributed by atoms with van der Waals surface area (Å²) in [6.07, 6.45) is 4.69. The third-order valence-corrected chi connectivity index (χ3v) is 4.10. The van der Waals surface area contributed by atoms with Gasteiger partial charge in [0.05, 0.1) is 5.69 Å². The molecular formula is C15H28N4. The van der Waals surface area contributed by atoms with Crippen molar-refractivity contribution < 1.29 is 0 Å². The fraction of sp³-hybridized carbons (Fsp3) is 0.800. The molecular weight excluding hydrogens is 236 g/mol. The Morgan fingerprint density at radius 1 is 1.37 bits per heavy atom. The van der Waals surface area contributed by atoms with E-state index >= 15 is 0 Å². The molecule has 1 aromatic heterocycles. The summed E-state index contributed by atoms with van der Waals surface area (Å²) in [4.78, 5) is 2.53. The van der Waals surface area contributed by atoms with E-state index < -0.39 is 0 Å². The van der Waals surface area contributed by atoms with E-state index in [2.05, 4.69) is 42.3 Å². The first kappa shape index (κ1) is 14.5. The van der Waals surface area contributed by atoms with Crippen LogP contribution in [0, 0.1) is 0 Å². The Kier molecular flexibility index (Phi) is 4.99. The number of hydrogen-bond acceptors (Lipinski definition) is 3. The van der Waals surface area contributed by atoms with E-state index in [0.29, 0.717) is 12.0 Å². The molecule has 0 aromatic carbocycles. The highest BCUT2D eigenvalue weighted by atomic mass is 15.3. The Morgan fingerprint density at radius 2 is 2.05 bits per heavy atom. The fourth-order valence-corrected chi connectivity index (χ4v) is 2.88. The molecule has 0 bridgehead atoms. The lowest BCUT2D eigenvalue weighted by Gasteiger charge is -2.31. The number of nitrogens with zero attached hydrogens (tertiary/aromatic N) is 3. The molecule has 0 unspecified atom stereocenters. The average Bonchev–Trinajstić information content (AvgIpc) is 2.78. The summed E-state index contributed by atoms with van der Waals surface area (Å²) in [5, 5.41) is 8.28. The van der Waals surface area contributed by atoms with Crippen molar-refractivity contribution in [1.82, 2.24) is 20.0 Å². The standard InChI is InChI=1S/C15H28N4/c1-5-19-8-6-14(7-9-19)16-10-13-11-18(4)17-15(13)12(2)3/h11-12,14,16H,5-10H2,1-4H3. The van der Waals surface area contributed by atoms with Gasteiger partial charge in [0.1, 0.15) is 0 Å². The number of hydrogen-bond donors (Lipinski definition) is 1. The quantitative estimate of drug-likeness (QED) is 0.884. The molecule has 108 valence electrons. The van der Waals surface area contributed by atoms with Gasteiger partial charge in [0.15, 0.2) is 0 Å². The third kappa shape index (κ3) is 3.80. The third-order valence-electron chi connectivity index (χ3n) is 4.10. The van der Waals surface area contributed by atoms with E-state index in [0.717, 1.165) is 6.54 Å². The Labute approximate surface area is 117 Å². The van der Waals surface area contributed by atoms with Crippen molar-refractivity contribution in [3.63, 3.8) is 0 Å². The van der Waals surface area contributed by atoms with Gasteiger partial charge >= 0.3 is 0 Å². The first-order valence-corrected chi connectivity index (χ1v) is 7.58. The van der Waals surface area contributed by atoms with Gasteiger partial charge < -0.3 is 10.2 Å². The zero-order valence-electron chi connectivity index (χ0n) is 12.8. The summed E-state index contributed by atoms with van der Waals surface area (Å²) in [7, 11) is 2.01. The molecule has 19 heavy (non-hydrogen) atoms. The van der Waals surface area contributed by atoms with Gasteiger partial charge in [-0.15, -0.1) is 0 Å². The first-order chi connectivity index (χ1) is 9.10. The van der Waals surface area contributed by atoms with Crippen LogP contribution in [0.3, 0.4) is 0 Å². The second-order valence-electron chi connectivity index (χ2n) is 5.96. The lowest BCUT2D eigenvalue weighted by Crippen LogP contribution is -2.42. The second-order valence-corrected chi connectivity index (χ2v) is 5.96. The molecule has 2 rings (SSSR count). The molecule has 4 heteroatoms. The highest BCUT2D eigenvalue weighted by Crippen LogP contribution is 2.18. The summed E-state index contributed by atoms with van der Waals surface area (Å²) >= 11 is 0. The molecule has 1 aliphatic heterocycles. The zero-order valence-corrected chi connectivity index (χ0v) is 12.8. The second kappa shape index (κ2) is 6.53. The molecule has 0 saturated carbocycles. The molecule has 2 heterocycles. The van der Waals surface area contributed by atoms with Crippen LogP contribution in [0.1, 0.15) is 50.8 Å². The van der Waals surface area contributed by atoms with Crippen molar-refractivity contribution in [2.45, 2.75) is 52.1 Å². The van der Waals surface area contributed by atoms with E-state index in [-0.39, 0.29) is 0 Å². The van der Waals surface area contributed by atoms with Crippen LogP contribution in [-0.2, 0) is 13.6 Å². The topological polar surface area (TPSA) is 33.1 Å². The maximum atomic E-state index is 4.57. The van der Waals surface area contributed by atoms with Gasteiger partial charge in [-0.2, -0.15) is 5.10 Å². The summed E-state index contributed by atoms with van der Waals surface area (Å²) in [5.74, 6) is 0.500. The van der Waals surface area contributed by atoms with Gasteiger partial charge in [0.2, 0.25) is 0 Å². The summed E-state index contributed by atoms with van der Waals surface area (Å²) in [5.41, 5.74) is 2.59. The van der Waals surface area contributed by atoms with Crippen LogP contribution in [0.25, 0.3) is 0 Å². The molecule has 1 saturated heterocycles. The molecule has 0 atom stereocenters. The Morgan fingerprint density at radius 3 is 2.63 bits per heavy atom. The van der Waals surface area contributed by atoms with Gasteiger partial charge in [0.25, 0.3) is 0 Å². The lowest BCUT2D eigenvalue weighted by molar-refractivity contribution is 0.206. The van der Waals surface area contributed by atoms with Crippen LogP contribution >= 0.6 is 0 Å². The smallest absolute Gasteiger partial charge is 0.0694 e. The Balaban J connectivity index is 1.86. The highest BCUT2D eigenvalue weighted by Gasteiger charge is 2.18. The molecule has 0 radical (unpaired) electrons. The van der Waals surface area contributed by atoms with Gasteiger partial charge in [-0.1, -0.05) is 20.8 Å². The van der Waals surface area contributed by atoms with Gasteiger partial charge in [0, 0.05) is 31.4 Å². The SMILES string of the molecule is CCN1CCC(NCc2cn(C)nc2C(C)C)CC1. The maximum Gasteiger partial charge on any atom is 0.0694 e. The maximum absolute atomic E-state index is 4.57. The molecule has 1 fully saturated rings. The van der Waals surface area contributed by atoms with Crippen LogP contribution < -0.4 is 5.32 Å². The Hall–Kier alpha value is -0.870. The van der Waals surface area contributed by atoms with Crippen LogP contribution in [0.15, 0.2) is 6.20 Å². The minimum Gasteiger partial charge on any atom is -0.310 e.